The van der Waals surface area contributed by atoms with Crippen LogP contribution in [-0.2, 0) is 11.2 Å². The summed E-state index contributed by atoms with van der Waals surface area (Å²) in [5.41, 5.74) is 1.11. The molecule has 2 nitrogen and oxygen atoms in total. The van der Waals surface area contributed by atoms with Gasteiger partial charge in [0.05, 0.1) is 0 Å². The first-order valence-electron chi connectivity index (χ1n) is 6.65. The van der Waals surface area contributed by atoms with Crippen molar-refractivity contribution in [1.82, 2.24) is 5.32 Å². The van der Waals surface area contributed by atoms with E-state index in [4.69, 9.17) is 11.6 Å². The Morgan fingerprint density at radius 3 is 2.74 bits per heavy atom. The van der Waals surface area contributed by atoms with E-state index in [0.29, 0.717) is 12.3 Å². The van der Waals surface area contributed by atoms with Crippen molar-refractivity contribution in [3.05, 3.63) is 33.3 Å². The van der Waals surface area contributed by atoms with Gasteiger partial charge >= 0.3 is 0 Å². The minimum Gasteiger partial charge on any atom is -0.350 e. The van der Waals surface area contributed by atoms with Gasteiger partial charge < -0.3 is 5.32 Å². The molecule has 1 aliphatic heterocycles. The number of hydrogen-bond donors (Lipinski definition) is 1. The zero-order valence-corrected chi connectivity index (χ0v) is 13.6. The average molecular weight is 345 g/mol. The van der Waals surface area contributed by atoms with E-state index in [1.807, 2.05) is 18.2 Å². The predicted molar refractivity (Wildman–Crippen MR) is 82.4 cm³/mol. The molecule has 1 N–H and O–H groups in total. The minimum atomic E-state index is -0.0956. The molecule has 1 aromatic rings. The summed E-state index contributed by atoms with van der Waals surface area (Å²) in [5, 5.41) is 3.92. The van der Waals surface area contributed by atoms with Gasteiger partial charge in [-0.05, 0) is 42.9 Å². The Kier molecular flexibility index (Phi) is 4.57. The summed E-state index contributed by atoms with van der Waals surface area (Å²) in [7, 11) is 0. The van der Waals surface area contributed by atoms with Crippen LogP contribution < -0.4 is 5.32 Å². The highest BCUT2D eigenvalue weighted by molar-refractivity contribution is 9.10. The molecule has 1 fully saturated rings. The van der Waals surface area contributed by atoms with E-state index in [-0.39, 0.29) is 11.4 Å². The maximum absolute atomic E-state index is 11.6. The van der Waals surface area contributed by atoms with Crippen LogP contribution in [0.3, 0.4) is 0 Å². The number of carbonyl (C=O) groups is 1. The van der Waals surface area contributed by atoms with Crippen LogP contribution in [0.15, 0.2) is 22.7 Å². The second-order valence-corrected chi connectivity index (χ2v) is 7.13. The van der Waals surface area contributed by atoms with Gasteiger partial charge in [-0.3, -0.25) is 4.79 Å². The Morgan fingerprint density at radius 2 is 2.21 bits per heavy atom. The van der Waals surface area contributed by atoms with Crippen LogP contribution in [0.4, 0.5) is 0 Å². The van der Waals surface area contributed by atoms with Gasteiger partial charge in [0.25, 0.3) is 0 Å². The van der Waals surface area contributed by atoms with Crippen molar-refractivity contribution in [2.24, 2.45) is 5.92 Å². The molecule has 4 heteroatoms. The smallest absolute Gasteiger partial charge is 0.220 e. The number of halogens is 2. The third-order valence-corrected chi connectivity index (χ3v) is 4.55. The second-order valence-electron chi connectivity index (χ2n) is 5.84. The molecule has 2 rings (SSSR count). The monoisotopic (exact) mass is 343 g/mol. The Bertz CT molecular complexity index is 489. The van der Waals surface area contributed by atoms with Gasteiger partial charge in [-0.1, -0.05) is 47.4 Å². The highest BCUT2D eigenvalue weighted by Crippen LogP contribution is 2.34. The molecule has 0 saturated carbocycles. The van der Waals surface area contributed by atoms with Gasteiger partial charge in [-0.15, -0.1) is 0 Å². The van der Waals surface area contributed by atoms with E-state index in [1.54, 1.807) is 0 Å². The number of amides is 1. The van der Waals surface area contributed by atoms with Gasteiger partial charge in [0.15, 0.2) is 0 Å². The van der Waals surface area contributed by atoms with E-state index in [9.17, 15) is 4.79 Å². The van der Waals surface area contributed by atoms with Gasteiger partial charge in [0, 0.05) is 21.5 Å². The Morgan fingerprint density at radius 1 is 1.47 bits per heavy atom. The van der Waals surface area contributed by atoms with E-state index in [0.717, 1.165) is 28.8 Å². The van der Waals surface area contributed by atoms with E-state index in [1.165, 1.54) is 5.56 Å². The van der Waals surface area contributed by atoms with Gasteiger partial charge in [0.2, 0.25) is 5.91 Å². The minimum absolute atomic E-state index is 0.0956. The molecule has 104 valence electrons. The Hall–Kier alpha value is -0.540. The molecule has 0 aliphatic carbocycles. The summed E-state index contributed by atoms with van der Waals surface area (Å²) in [6.07, 6.45) is 3.42. The van der Waals surface area contributed by atoms with Crippen molar-refractivity contribution in [3.63, 3.8) is 0 Å². The lowest BCUT2D eigenvalue weighted by atomic mass is 9.82. The molecular weight excluding hydrogens is 326 g/mol. The standard InChI is InChI=1S/C15H19BrClNO/c1-10(2)8-15(6-5-14(19)18-15)9-11-3-4-12(17)7-13(11)16/h3-4,7,10H,5-6,8-9H2,1-2H3,(H,18,19). The van der Waals surface area contributed by atoms with Crippen molar-refractivity contribution < 1.29 is 4.79 Å². The normalized spacial score (nSPS) is 22.9. The molecule has 0 bridgehead atoms. The van der Waals surface area contributed by atoms with Crippen molar-refractivity contribution in [3.8, 4) is 0 Å². The molecule has 1 saturated heterocycles. The van der Waals surface area contributed by atoms with Crippen molar-refractivity contribution >= 4 is 33.4 Å². The predicted octanol–water partition coefficient (Wildman–Crippen LogP) is 4.34. The van der Waals surface area contributed by atoms with Gasteiger partial charge in [-0.25, -0.2) is 0 Å². The van der Waals surface area contributed by atoms with Crippen LogP contribution in [0.25, 0.3) is 0 Å². The summed E-state index contributed by atoms with van der Waals surface area (Å²) in [5.74, 6) is 0.732. The Labute approximate surface area is 128 Å². The van der Waals surface area contributed by atoms with E-state index < -0.39 is 0 Å². The Balaban J connectivity index is 2.23. The maximum Gasteiger partial charge on any atom is 0.220 e. The molecule has 1 heterocycles. The summed E-state index contributed by atoms with van der Waals surface area (Å²) in [6.45, 7) is 4.40. The molecule has 1 amide bonds. The number of carbonyl (C=O) groups excluding carboxylic acids is 1. The molecule has 0 spiro atoms. The molecule has 19 heavy (non-hydrogen) atoms. The SMILES string of the molecule is CC(C)CC1(Cc2ccc(Cl)cc2Br)CCC(=O)N1. The van der Waals surface area contributed by atoms with Gasteiger partial charge in [-0.2, -0.15) is 0 Å². The fourth-order valence-electron chi connectivity index (χ4n) is 2.94. The number of rotatable bonds is 4. The molecular formula is C15H19BrClNO. The third-order valence-electron chi connectivity index (χ3n) is 3.58. The van der Waals surface area contributed by atoms with Crippen LogP contribution in [0, 0.1) is 5.92 Å². The number of nitrogens with one attached hydrogen (secondary N) is 1. The zero-order valence-electron chi connectivity index (χ0n) is 11.3. The lowest BCUT2D eigenvalue weighted by Gasteiger charge is -2.31. The summed E-state index contributed by atoms with van der Waals surface area (Å²) in [6, 6.07) is 5.86. The summed E-state index contributed by atoms with van der Waals surface area (Å²) in [4.78, 5) is 11.6. The second kappa shape index (κ2) is 5.84. The fourth-order valence-corrected chi connectivity index (χ4v) is 3.77. The molecule has 1 atom stereocenters. The first-order valence-corrected chi connectivity index (χ1v) is 7.82. The van der Waals surface area contributed by atoms with Crippen LogP contribution in [0.2, 0.25) is 5.02 Å². The topological polar surface area (TPSA) is 29.1 Å². The zero-order chi connectivity index (χ0) is 14.0. The van der Waals surface area contributed by atoms with Crippen molar-refractivity contribution in [1.29, 1.82) is 0 Å². The molecule has 0 aromatic heterocycles. The van der Waals surface area contributed by atoms with Crippen LogP contribution in [0.5, 0.6) is 0 Å². The molecule has 1 aromatic carbocycles. The van der Waals surface area contributed by atoms with Gasteiger partial charge in [0.1, 0.15) is 0 Å². The lowest BCUT2D eigenvalue weighted by Crippen LogP contribution is -2.44. The molecule has 1 unspecified atom stereocenters. The van der Waals surface area contributed by atoms with Crippen LogP contribution in [0.1, 0.15) is 38.7 Å². The van der Waals surface area contributed by atoms with Crippen molar-refractivity contribution in [2.45, 2.75) is 45.1 Å². The van der Waals surface area contributed by atoms with E-state index in [2.05, 4.69) is 35.1 Å². The first-order chi connectivity index (χ1) is 8.90. The van der Waals surface area contributed by atoms with Crippen LogP contribution >= 0.6 is 27.5 Å². The van der Waals surface area contributed by atoms with Crippen LogP contribution in [-0.4, -0.2) is 11.4 Å². The quantitative estimate of drug-likeness (QED) is 0.865. The molecule has 0 radical (unpaired) electrons. The summed E-state index contributed by atoms with van der Waals surface area (Å²) < 4.78 is 1.02. The average Bonchev–Trinajstić information content (AvgIpc) is 2.63. The third kappa shape index (κ3) is 3.73. The number of hydrogen-bond acceptors (Lipinski definition) is 1. The van der Waals surface area contributed by atoms with Crippen molar-refractivity contribution in [2.75, 3.05) is 0 Å². The lowest BCUT2D eigenvalue weighted by molar-refractivity contribution is -0.119. The summed E-state index contributed by atoms with van der Waals surface area (Å²) >= 11 is 9.54. The number of benzene rings is 1. The highest BCUT2D eigenvalue weighted by atomic mass is 79.9. The first kappa shape index (κ1) is 14.9. The fraction of sp³-hybridized carbons (Fsp3) is 0.533. The largest absolute Gasteiger partial charge is 0.350 e. The highest BCUT2D eigenvalue weighted by Gasteiger charge is 2.38. The van der Waals surface area contributed by atoms with E-state index >= 15 is 0 Å². The molecule has 1 aliphatic rings. The maximum atomic E-state index is 11.6.